The second kappa shape index (κ2) is 4.18. The molecule has 0 aliphatic heterocycles. The van der Waals surface area contributed by atoms with Crippen molar-refractivity contribution in [3.05, 3.63) is 24.3 Å². The largest absolute Gasteiger partial charge is 0.457 e. The normalized spacial score (nSPS) is 8.69. The number of carbonyl (C=O) groups is 1. The van der Waals surface area contributed by atoms with E-state index in [0.717, 1.165) is 17.2 Å². The highest BCUT2D eigenvalue weighted by Crippen LogP contribution is 2.13. The third-order valence-corrected chi connectivity index (χ3v) is 1.26. The minimum atomic E-state index is -0.509. The molecule has 2 aromatic heterocycles. The van der Waals surface area contributed by atoms with Gasteiger partial charge in [0.2, 0.25) is 6.08 Å². The fraction of sp³-hybridized carbons (Fsp3) is 0.111. The van der Waals surface area contributed by atoms with Crippen LogP contribution in [0.1, 0.15) is 6.92 Å². The fourth-order valence-corrected chi connectivity index (χ4v) is 0.776. The third-order valence-electron chi connectivity index (χ3n) is 1.26. The topological polar surface area (TPSA) is 59.6 Å². The Morgan fingerprint density at radius 1 is 1.31 bits per heavy atom. The predicted molar refractivity (Wildman–Crippen MR) is 46.2 cm³/mol. The van der Waals surface area contributed by atoms with Gasteiger partial charge in [-0.1, -0.05) is 0 Å². The Morgan fingerprint density at radius 2 is 1.77 bits per heavy atom. The summed E-state index contributed by atoms with van der Waals surface area (Å²) >= 11 is 0. The molecule has 2 bridgehead atoms. The second-order valence-corrected chi connectivity index (χ2v) is 2.30. The van der Waals surface area contributed by atoms with Gasteiger partial charge in [-0.15, -0.1) is 4.99 Å². The van der Waals surface area contributed by atoms with E-state index in [0.29, 0.717) is 0 Å². The first-order valence-electron chi connectivity index (χ1n) is 3.59. The highest BCUT2D eigenvalue weighted by atomic mass is 16.3. The van der Waals surface area contributed by atoms with Crippen molar-refractivity contribution in [2.75, 3.05) is 0 Å². The minimum Gasteiger partial charge on any atom is -0.457 e. The number of hydrogen-bond acceptors (Lipinski definition) is 3. The van der Waals surface area contributed by atoms with E-state index in [9.17, 15) is 4.79 Å². The summed E-state index contributed by atoms with van der Waals surface area (Å²) in [6.07, 6.45) is 1.09. The van der Waals surface area contributed by atoms with Crippen molar-refractivity contribution in [1.29, 1.82) is 0 Å². The molecule has 0 N–H and O–H groups in total. The molecule has 66 valence electrons. The van der Waals surface area contributed by atoms with Crippen molar-refractivity contribution in [1.82, 2.24) is 0 Å². The highest BCUT2D eigenvalue weighted by Gasteiger charge is 1.91. The summed E-state index contributed by atoms with van der Waals surface area (Å²) in [7, 11) is 0. The Balaban J connectivity index is 0.000000133. The summed E-state index contributed by atoms with van der Waals surface area (Å²) in [6, 6.07) is 7.81. The molecule has 0 unspecified atom stereocenters. The molecule has 1 amide bonds. The average Bonchev–Trinajstić information content (AvgIpc) is 2.66. The van der Waals surface area contributed by atoms with Crippen LogP contribution in [0.15, 0.2) is 33.7 Å². The van der Waals surface area contributed by atoms with E-state index < -0.39 is 5.91 Å². The van der Waals surface area contributed by atoms with Crippen molar-refractivity contribution in [2.24, 2.45) is 4.99 Å². The van der Waals surface area contributed by atoms with Gasteiger partial charge < -0.3 is 4.42 Å². The van der Waals surface area contributed by atoms with Crippen LogP contribution in [-0.2, 0) is 9.59 Å². The Hall–Kier alpha value is -1.93. The average molecular weight is 177 g/mol. The van der Waals surface area contributed by atoms with Crippen LogP contribution in [-0.4, -0.2) is 12.0 Å². The molecule has 2 heterocycles. The van der Waals surface area contributed by atoms with Crippen LogP contribution in [0, 0.1) is 0 Å². The fourth-order valence-electron chi connectivity index (χ4n) is 0.776. The first-order valence-corrected chi connectivity index (χ1v) is 3.59. The lowest BCUT2D eigenvalue weighted by Crippen LogP contribution is -1.77. The zero-order valence-electron chi connectivity index (χ0n) is 6.98. The van der Waals surface area contributed by atoms with Crippen molar-refractivity contribution >= 4 is 23.2 Å². The third kappa shape index (κ3) is 2.89. The van der Waals surface area contributed by atoms with Crippen LogP contribution in [0.4, 0.5) is 0 Å². The van der Waals surface area contributed by atoms with Gasteiger partial charge in [-0.05, 0) is 24.3 Å². The maximum atomic E-state index is 9.61. The molecule has 0 radical (unpaired) electrons. The molecule has 0 spiro atoms. The molecule has 4 nitrogen and oxygen atoms in total. The molecular weight excluding hydrogens is 170 g/mol. The molecule has 4 heteroatoms. The number of amides is 1. The number of fused-ring (bicyclic) bond motifs is 2. The standard InChI is InChI=1S/C6H4O.C3H3NO2/c1-2-6-4-3-5(1)7-6;1-3(6)4-2-5/h1-4H;1H3. The van der Waals surface area contributed by atoms with Crippen LogP contribution in [0.25, 0.3) is 11.2 Å². The van der Waals surface area contributed by atoms with E-state index in [4.69, 9.17) is 9.21 Å². The molecule has 0 aliphatic carbocycles. The van der Waals surface area contributed by atoms with E-state index in [1.807, 2.05) is 24.3 Å². The summed E-state index contributed by atoms with van der Waals surface area (Å²) < 4.78 is 5.08. The van der Waals surface area contributed by atoms with Crippen molar-refractivity contribution in [3.63, 3.8) is 0 Å². The Labute approximate surface area is 74.2 Å². The highest BCUT2D eigenvalue weighted by molar-refractivity contribution is 5.78. The number of nitrogens with zero attached hydrogens (tertiary/aromatic N) is 1. The Bertz CT molecular complexity index is 381. The lowest BCUT2D eigenvalue weighted by Gasteiger charge is -1.61. The van der Waals surface area contributed by atoms with Gasteiger partial charge >= 0.3 is 0 Å². The van der Waals surface area contributed by atoms with Crippen LogP contribution in [0.5, 0.6) is 0 Å². The first kappa shape index (κ1) is 9.16. The van der Waals surface area contributed by atoms with Gasteiger partial charge in [-0.3, -0.25) is 4.79 Å². The molecule has 0 atom stereocenters. The van der Waals surface area contributed by atoms with Crippen LogP contribution in [0.2, 0.25) is 0 Å². The zero-order chi connectivity index (χ0) is 9.68. The molecule has 2 aromatic rings. The molecule has 0 fully saturated rings. The second-order valence-electron chi connectivity index (χ2n) is 2.30. The van der Waals surface area contributed by atoms with Gasteiger partial charge in [0, 0.05) is 6.92 Å². The van der Waals surface area contributed by atoms with Gasteiger partial charge in [0.25, 0.3) is 5.91 Å². The summed E-state index contributed by atoms with van der Waals surface area (Å²) in [6.45, 7) is 1.19. The number of furan rings is 2. The van der Waals surface area contributed by atoms with E-state index in [2.05, 4.69) is 4.99 Å². The summed E-state index contributed by atoms with van der Waals surface area (Å²) in [5.74, 6) is -0.509. The Morgan fingerprint density at radius 3 is 1.85 bits per heavy atom. The molecule has 0 saturated heterocycles. The van der Waals surface area contributed by atoms with Gasteiger partial charge in [0.1, 0.15) is 11.2 Å². The van der Waals surface area contributed by atoms with Crippen LogP contribution in [0.3, 0.4) is 0 Å². The van der Waals surface area contributed by atoms with Gasteiger partial charge in [0.05, 0.1) is 0 Å². The molecule has 0 saturated carbocycles. The molecular formula is C9H7NO3. The maximum absolute atomic E-state index is 9.61. The molecule has 2 rings (SSSR count). The van der Waals surface area contributed by atoms with E-state index in [-0.39, 0.29) is 0 Å². The smallest absolute Gasteiger partial charge is 0.253 e. The van der Waals surface area contributed by atoms with Gasteiger partial charge in [-0.2, -0.15) is 0 Å². The lowest BCUT2D eigenvalue weighted by molar-refractivity contribution is -0.115. The number of aliphatic imine (C=N–C) groups is 1. The monoisotopic (exact) mass is 177 g/mol. The number of carbonyl (C=O) groups excluding carboxylic acids is 2. The molecule has 0 aromatic carbocycles. The summed E-state index contributed by atoms with van der Waals surface area (Å²) in [5.41, 5.74) is 1.94. The van der Waals surface area contributed by atoms with Crippen LogP contribution < -0.4 is 0 Å². The summed E-state index contributed by atoms with van der Waals surface area (Å²) in [5, 5.41) is 0. The molecule has 0 aliphatic rings. The van der Waals surface area contributed by atoms with E-state index >= 15 is 0 Å². The Kier molecular flexibility index (Phi) is 2.95. The minimum absolute atomic E-state index is 0.509. The van der Waals surface area contributed by atoms with Gasteiger partial charge in [-0.25, -0.2) is 4.79 Å². The lowest BCUT2D eigenvalue weighted by atomic mass is 10.4. The van der Waals surface area contributed by atoms with Gasteiger partial charge in [0.15, 0.2) is 0 Å². The summed E-state index contributed by atoms with van der Waals surface area (Å²) in [4.78, 5) is 21.4. The van der Waals surface area contributed by atoms with Crippen molar-refractivity contribution < 1.29 is 14.0 Å². The van der Waals surface area contributed by atoms with Crippen molar-refractivity contribution in [3.8, 4) is 0 Å². The quantitative estimate of drug-likeness (QED) is 0.455. The number of benzene rings is 1. The number of hydrogen-bond donors (Lipinski definition) is 0. The SMILES string of the molecule is CC(=O)N=C=O.c1cc2ccc1o2. The first-order chi connectivity index (χ1) is 6.22. The van der Waals surface area contributed by atoms with E-state index in [1.165, 1.54) is 6.92 Å². The van der Waals surface area contributed by atoms with E-state index in [1.54, 1.807) is 0 Å². The number of rotatable bonds is 0. The zero-order valence-corrected chi connectivity index (χ0v) is 6.98. The predicted octanol–water partition coefficient (Wildman–Crippen LogP) is 1.74. The maximum Gasteiger partial charge on any atom is 0.253 e. The number of isocyanates is 1. The van der Waals surface area contributed by atoms with Crippen molar-refractivity contribution in [2.45, 2.75) is 6.92 Å². The van der Waals surface area contributed by atoms with Crippen LogP contribution >= 0.6 is 0 Å². The molecule has 13 heavy (non-hydrogen) atoms.